The molecule has 76 valence electrons. The second kappa shape index (κ2) is 3.93. The summed E-state index contributed by atoms with van der Waals surface area (Å²) < 4.78 is 0. The van der Waals surface area contributed by atoms with Gasteiger partial charge in [-0.1, -0.05) is 30.1 Å². The second-order valence-corrected chi connectivity index (χ2v) is 5.81. The minimum atomic E-state index is 0.0208. The van der Waals surface area contributed by atoms with E-state index in [1.54, 1.807) is 11.8 Å². The van der Waals surface area contributed by atoms with Crippen LogP contribution in [0.1, 0.15) is 24.9 Å². The first-order valence-electron chi connectivity index (χ1n) is 4.49. The van der Waals surface area contributed by atoms with E-state index in [-0.39, 0.29) is 6.04 Å². The van der Waals surface area contributed by atoms with Crippen LogP contribution in [0.15, 0.2) is 17.0 Å². The fourth-order valence-corrected chi connectivity index (χ4v) is 3.67. The van der Waals surface area contributed by atoms with Crippen LogP contribution in [0.25, 0.3) is 0 Å². The Morgan fingerprint density at radius 1 is 1.36 bits per heavy atom. The first-order valence-corrected chi connectivity index (χ1v) is 6.13. The van der Waals surface area contributed by atoms with E-state index in [0.717, 1.165) is 26.9 Å². The lowest BCUT2D eigenvalue weighted by Crippen LogP contribution is -2.21. The van der Waals surface area contributed by atoms with E-state index in [2.05, 4.69) is 6.92 Å². The van der Waals surface area contributed by atoms with Gasteiger partial charge in [-0.3, -0.25) is 0 Å². The summed E-state index contributed by atoms with van der Waals surface area (Å²) in [5, 5.41) is 2.00. The first-order chi connectivity index (χ1) is 6.59. The van der Waals surface area contributed by atoms with Crippen LogP contribution in [-0.4, -0.2) is 5.25 Å². The van der Waals surface area contributed by atoms with Crippen LogP contribution in [-0.2, 0) is 0 Å². The van der Waals surface area contributed by atoms with Crippen molar-refractivity contribution in [3.8, 4) is 0 Å². The largest absolute Gasteiger partial charge is 0.324 e. The molecule has 0 spiro atoms. The van der Waals surface area contributed by atoms with Crippen LogP contribution < -0.4 is 5.73 Å². The highest BCUT2D eigenvalue weighted by atomic mass is 35.5. The van der Waals surface area contributed by atoms with Crippen molar-refractivity contribution in [3.05, 3.63) is 27.7 Å². The first kappa shape index (κ1) is 10.6. The summed E-state index contributed by atoms with van der Waals surface area (Å²) in [4.78, 5) is 1.06. The van der Waals surface area contributed by atoms with Gasteiger partial charge < -0.3 is 5.73 Å². The lowest BCUT2D eigenvalue weighted by atomic mass is 10.0. The molecule has 1 heterocycles. The van der Waals surface area contributed by atoms with E-state index >= 15 is 0 Å². The average Bonchev–Trinajstić information content (AvgIpc) is 2.10. The van der Waals surface area contributed by atoms with Gasteiger partial charge >= 0.3 is 0 Å². The molecule has 1 aliphatic heterocycles. The van der Waals surface area contributed by atoms with Gasteiger partial charge in [-0.25, -0.2) is 0 Å². The van der Waals surface area contributed by atoms with Crippen molar-refractivity contribution >= 4 is 35.0 Å². The molecule has 2 N–H and O–H groups in total. The average molecular weight is 248 g/mol. The molecule has 4 heteroatoms. The molecule has 0 saturated carbocycles. The molecule has 0 fully saturated rings. The third-order valence-electron chi connectivity index (χ3n) is 2.37. The number of hydrogen-bond donors (Lipinski definition) is 1. The highest BCUT2D eigenvalue weighted by Gasteiger charge is 2.26. The van der Waals surface area contributed by atoms with Gasteiger partial charge in [-0.05, 0) is 18.6 Å². The maximum atomic E-state index is 6.11. The van der Waals surface area contributed by atoms with E-state index in [1.807, 2.05) is 12.1 Å². The highest BCUT2D eigenvalue weighted by Crippen LogP contribution is 2.46. The molecular formula is C10H11Cl2NS. The summed E-state index contributed by atoms with van der Waals surface area (Å²) in [6.45, 7) is 2.16. The Balaban J connectivity index is 2.57. The van der Waals surface area contributed by atoms with E-state index in [4.69, 9.17) is 28.9 Å². The van der Waals surface area contributed by atoms with Crippen molar-refractivity contribution in [3.63, 3.8) is 0 Å². The smallest absolute Gasteiger partial charge is 0.0546 e. The molecule has 0 aromatic heterocycles. The monoisotopic (exact) mass is 247 g/mol. The fourth-order valence-electron chi connectivity index (χ4n) is 1.74. The molecule has 1 nitrogen and oxygen atoms in total. The molecule has 0 aliphatic carbocycles. The van der Waals surface area contributed by atoms with Crippen molar-refractivity contribution < 1.29 is 0 Å². The molecule has 2 rings (SSSR count). The predicted molar refractivity (Wildman–Crippen MR) is 63.3 cm³/mol. The van der Waals surface area contributed by atoms with Crippen LogP contribution >= 0.6 is 35.0 Å². The number of halogens is 2. The topological polar surface area (TPSA) is 26.0 Å². The minimum absolute atomic E-state index is 0.0208. The molecule has 2 atom stereocenters. The van der Waals surface area contributed by atoms with E-state index in [0.29, 0.717) is 5.25 Å². The SMILES string of the molecule is CC1CC(N)c2c(Cl)ccc(Cl)c2S1. The van der Waals surface area contributed by atoms with Gasteiger partial charge in [0.05, 0.1) is 5.02 Å². The number of benzene rings is 1. The molecule has 2 unspecified atom stereocenters. The van der Waals surface area contributed by atoms with E-state index < -0.39 is 0 Å². The van der Waals surface area contributed by atoms with E-state index in [1.165, 1.54) is 0 Å². The fraction of sp³-hybridized carbons (Fsp3) is 0.400. The molecule has 1 aliphatic rings. The highest BCUT2D eigenvalue weighted by molar-refractivity contribution is 8.00. The molecule has 0 bridgehead atoms. The number of rotatable bonds is 0. The van der Waals surface area contributed by atoms with Gasteiger partial charge in [-0.15, -0.1) is 11.8 Å². The summed E-state index contributed by atoms with van der Waals surface area (Å²) in [6, 6.07) is 3.67. The number of nitrogens with two attached hydrogens (primary N) is 1. The van der Waals surface area contributed by atoms with Crippen LogP contribution in [0.2, 0.25) is 10.0 Å². The zero-order chi connectivity index (χ0) is 10.3. The van der Waals surface area contributed by atoms with Crippen molar-refractivity contribution in [2.24, 2.45) is 5.73 Å². The lowest BCUT2D eigenvalue weighted by Gasteiger charge is -2.28. The van der Waals surface area contributed by atoms with Gasteiger partial charge in [0.1, 0.15) is 0 Å². The molecular weight excluding hydrogens is 237 g/mol. The minimum Gasteiger partial charge on any atom is -0.324 e. The van der Waals surface area contributed by atoms with Crippen LogP contribution in [0.3, 0.4) is 0 Å². The van der Waals surface area contributed by atoms with Crippen LogP contribution in [0.5, 0.6) is 0 Å². The van der Waals surface area contributed by atoms with Crippen molar-refractivity contribution in [2.45, 2.75) is 29.5 Å². The third kappa shape index (κ3) is 1.76. The number of fused-ring (bicyclic) bond motifs is 1. The predicted octanol–water partition coefficient (Wildman–Crippen LogP) is 3.88. The normalized spacial score (nSPS) is 26.0. The van der Waals surface area contributed by atoms with Gasteiger partial charge in [0, 0.05) is 26.8 Å². The Labute approximate surface area is 98.0 Å². The molecule has 1 aromatic carbocycles. The third-order valence-corrected chi connectivity index (χ3v) is 4.40. The van der Waals surface area contributed by atoms with Gasteiger partial charge in [0.2, 0.25) is 0 Å². The second-order valence-electron chi connectivity index (χ2n) is 3.54. The summed E-state index contributed by atoms with van der Waals surface area (Å²) in [5.74, 6) is 0. The molecule has 0 radical (unpaired) electrons. The lowest BCUT2D eigenvalue weighted by molar-refractivity contribution is 0.625. The summed E-state index contributed by atoms with van der Waals surface area (Å²) in [6.07, 6.45) is 0.956. The Morgan fingerprint density at radius 2 is 2.00 bits per heavy atom. The Hall–Kier alpha value is 0.110. The summed E-state index contributed by atoms with van der Waals surface area (Å²) >= 11 is 14.0. The quantitative estimate of drug-likeness (QED) is 0.754. The maximum absolute atomic E-state index is 6.11. The van der Waals surface area contributed by atoms with Crippen molar-refractivity contribution in [2.75, 3.05) is 0 Å². The standard InChI is InChI=1S/C10H11Cl2NS/c1-5-4-8(13)9-6(11)2-3-7(12)10(9)14-5/h2-3,5,8H,4,13H2,1H3. The Bertz CT molecular complexity index is 367. The molecule has 1 aromatic rings. The number of hydrogen-bond acceptors (Lipinski definition) is 2. The zero-order valence-electron chi connectivity index (χ0n) is 7.76. The van der Waals surface area contributed by atoms with Gasteiger partial charge in [0.15, 0.2) is 0 Å². The van der Waals surface area contributed by atoms with Gasteiger partial charge in [0.25, 0.3) is 0 Å². The molecule has 14 heavy (non-hydrogen) atoms. The number of thioether (sulfide) groups is 1. The molecule has 0 saturated heterocycles. The van der Waals surface area contributed by atoms with Crippen LogP contribution in [0.4, 0.5) is 0 Å². The molecule has 0 amide bonds. The zero-order valence-corrected chi connectivity index (χ0v) is 10.1. The van der Waals surface area contributed by atoms with Crippen LogP contribution in [0, 0.1) is 0 Å². The Kier molecular flexibility index (Phi) is 2.98. The summed E-state index contributed by atoms with van der Waals surface area (Å²) in [5.41, 5.74) is 7.07. The maximum Gasteiger partial charge on any atom is 0.0546 e. The Morgan fingerprint density at radius 3 is 2.71 bits per heavy atom. The van der Waals surface area contributed by atoms with Gasteiger partial charge in [-0.2, -0.15) is 0 Å². The summed E-state index contributed by atoms with van der Waals surface area (Å²) in [7, 11) is 0. The van der Waals surface area contributed by atoms with E-state index in [9.17, 15) is 0 Å². The van der Waals surface area contributed by atoms with Crippen molar-refractivity contribution in [1.82, 2.24) is 0 Å². The van der Waals surface area contributed by atoms with Crippen molar-refractivity contribution in [1.29, 1.82) is 0 Å².